The zero-order valence-electron chi connectivity index (χ0n) is 11.2. The minimum atomic E-state index is -0.415. The summed E-state index contributed by atoms with van der Waals surface area (Å²) < 4.78 is 10.2. The van der Waals surface area contributed by atoms with E-state index >= 15 is 0 Å². The third-order valence-electron chi connectivity index (χ3n) is 3.02. The molecule has 1 saturated heterocycles. The molecule has 5 heteroatoms. The van der Waals surface area contributed by atoms with E-state index in [1.54, 1.807) is 5.06 Å². The molecule has 104 valence electrons. The second-order valence-corrected chi connectivity index (χ2v) is 4.33. The van der Waals surface area contributed by atoms with E-state index in [0.29, 0.717) is 19.6 Å². The van der Waals surface area contributed by atoms with Crippen LogP contribution in [0, 0.1) is 0 Å². The highest BCUT2D eigenvalue weighted by molar-refractivity contribution is 5.75. The molecule has 0 spiro atoms. The third-order valence-corrected chi connectivity index (χ3v) is 3.02. The van der Waals surface area contributed by atoms with Crippen molar-refractivity contribution in [3.05, 3.63) is 35.9 Å². The fourth-order valence-electron chi connectivity index (χ4n) is 2.11. The molecule has 1 aromatic rings. The van der Waals surface area contributed by atoms with Crippen LogP contribution in [-0.2, 0) is 25.7 Å². The summed E-state index contributed by atoms with van der Waals surface area (Å²) in [6.07, 6.45) is 0.116. The second kappa shape index (κ2) is 6.65. The average Bonchev–Trinajstić information content (AvgIpc) is 2.82. The highest BCUT2D eigenvalue weighted by atomic mass is 16.8. The molecule has 1 aliphatic heterocycles. The monoisotopic (exact) mass is 265 g/mol. The number of esters is 1. The number of hydrogen-bond donors (Lipinski definition) is 0. The average molecular weight is 265 g/mol. The fraction of sp³-hybridized carbons (Fsp3) is 0.500. The normalized spacial score (nSPS) is 23.5. The summed E-state index contributed by atoms with van der Waals surface area (Å²) in [6, 6.07) is 9.44. The molecule has 2 atom stereocenters. The Balaban J connectivity index is 2.05. The fourth-order valence-corrected chi connectivity index (χ4v) is 2.11. The van der Waals surface area contributed by atoms with E-state index in [-0.39, 0.29) is 12.3 Å². The van der Waals surface area contributed by atoms with Crippen LogP contribution in [0.3, 0.4) is 0 Å². The Labute approximate surface area is 113 Å². The smallest absolute Gasteiger partial charge is 0.325 e. The summed E-state index contributed by atoms with van der Waals surface area (Å²) in [5.74, 6) is -0.293. The first-order valence-corrected chi connectivity index (χ1v) is 6.41. The number of ether oxygens (including phenoxy) is 2. The first-order valence-electron chi connectivity index (χ1n) is 6.41. The van der Waals surface area contributed by atoms with Gasteiger partial charge in [0.15, 0.2) is 6.29 Å². The van der Waals surface area contributed by atoms with Crippen LogP contribution >= 0.6 is 0 Å². The molecule has 0 bridgehead atoms. The van der Waals surface area contributed by atoms with Gasteiger partial charge >= 0.3 is 5.97 Å². The first kappa shape index (κ1) is 14.0. The van der Waals surface area contributed by atoms with Crippen molar-refractivity contribution in [2.45, 2.75) is 32.2 Å². The van der Waals surface area contributed by atoms with Gasteiger partial charge in [0.05, 0.1) is 13.7 Å². The van der Waals surface area contributed by atoms with E-state index < -0.39 is 6.04 Å². The van der Waals surface area contributed by atoms with Crippen molar-refractivity contribution in [3.8, 4) is 0 Å². The Bertz CT molecular complexity index is 409. The van der Waals surface area contributed by atoms with Gasteiger partial charge in [0.1, 0.15) is 6.04 Å². The summed E-state index contributed by atoms with van der Waals surface area (Å²) in [4.78, 5) is 17.4. The molecule has 1 fully saturated rings. The van der Waals surface area contributed by atoms with Gasteiger partial charge in [-0.25, -0.2) is 0 Å². The van der Waals surface area contributed by atoms with Crippen LogP contribution in [0.5, 0.6) is 0 Å². The maximum Gasteiger partial charge on any atom is 0.325 e. The predicted molar refractivity (Wildman–Crippen MR) is 68.9 cm³/mol. The van der Waals surface area contributed by atoms with Crippen molar-refractivity contribution < 1.29 is 19.1 Å². The number of hydroxylamine groups is 2. The number of rotatable bonds is 5. The highest BCUT2D eigenvalue weighted by Crippen LogP contribution is 2.25. The summed E-state index contributed by atoms with van der Waals surface area (Å²) in [6.45, 7) is 2.98. The first-order chi connectivity index (χ1) is 9.24. The van der Waals surface area contributed by atoms with E-state index in [4.69, 9.17) is 14.3 Å². The van der Waals surface area contributed by atoms with E-state index in [1.807, 2.05) is 37.3 Å². The number of carbonyl (C=O) groups excluding carboxylic acids is 1. The van der Waals surface area contributed by atoms with Crippen molar-refractivity contribution in [2.24, 2.45) is 0 Å². The molecule has 0 unspecified atom stereocenters. The summed E-state index contributed by atoms with van der Waals surface area (Å²) in [5, 5.41) is 1.64. The molecule has 19 heavy (non-hydrogen) atoms. The maximum atomic E-state index is 11.8. The van der Waals surface area contributed by atoms with Gasteiger partial charge in [-0.3, -0.25) is 9.63 Å². The van der Waals surface area contributed by atoms with Gasteiger partial charge < -0.3 is 9.47 Å². The molecule has 0 amide bonds. The molecule has 0 aromatic heterocycles. The summed E-state index contributed by atoms with van der Waals surface area (Å²) in [7, 11) is 1.39. The lowest BCUT2D eigenvalue weighted by atomic mass is 10.2. The summed E-state index contributed by atoms with van der Waals surface area (Å²) in [5.41, 5.74) is 1.08. The van der Waals surface area contributed by atoms with Crippen LogP contribution in [0.1, 0.15) is 18.9 Å². The molecule has 0 radical (unpaired) electrons. The van der Waals surface area contributed by atoms with Crippen molar-refractivity contribution in [1.29, 1.82) is 0 Å². The van der Waals surface area contributed by atoms with Gasteiger partial charge in [0.2, 0.25) is 0 Å². The van der Waals surface area contributed by atoms with Crippen molar-refractivity contribution in [1.82, 2.24) is 5.06 Å². The zero-order chi connectivity index (χ0) is 13.7. The molecule has 1 heterocycles. The number of methoxy groups -OCH3 is 1. The van der Waals surface area contributed by atoms with Gasteiger partial charge in [-0.1, -0.05) is 30.3 Å². The summed E-state index contributed by atoms with van der Waals surface area (Å²) >= 11 is 0. The SMILES string of the molecule is CCO[C@H]1C[C@H](C(=O)OC)N(Cc2ccccc2)O1. The van der Waals surface area contributed by atoms with Crippen molar-refractivity contribution >= 4 is 5.97 Å². The lowest BCUT2D eigenvalue weighted by molar-refractivity contribution is -0.243. The highest BCUT2D eigenvalue weighted by Gasteiger charge is 2.39. The van der Waals surface area contributed by atoms with Crippen LogP contribution in [0.4, 0.5) is 0 Å². The molecular weight excluding hydrogens is 246 g/mol. The molecule has 0 saturated carbocycles. The van der Waals surface area contributed by atoms with Crippen LogP contribution in [0.25, 0.3) is 0 Å². The van der Waals surface area contributed by atoms with Gasteiger partial charge in [0.25, 0.3) is 0 Å². The quantitative estimate of drug-likeness (QED) is 0.759. The molecule has 1 aromatic carbocycles. The van der Waals surface area contributed by atoms with Crippen LogP contribution in [0.2, 0.25) is 0 Å². The van der Waals surface area contributed by atoms with Crippen LogP contribution in [0.15, 0.2) is 30.3 Å². The Morgan fingerprint density at radius 1 is 1.42 bits per heavy atom. The molecule has 0 N–H and O–H groups in total. The number of hydrogen-bond acceptors (Lipinski definition) is 5. The van der Waals surface area contributed by atoms with Crippen LogP contribution in [-0.4, -0.2) is 37.1 Å². The lowest BCUT2D eigenvalue weighted by Crippen LogP contribution is -2.35. The Kier molecular flexibility index (Phi) is 4.90. The largest absolute Gasteiger partial charge is 0.468 e. The molecule has 5 nitrogen and oxygen atoms in total. The van der Waals surface area contributed by atoms with Gasteiger partial charge in [-0.2, -0.15) is 5.06 Å². The number of benzene rings is 1. The molecular formula is C14H19NO4. The number of carbonyl (C=O) groups is 1. The predicted octanol–water partition coefficient (Wildman–Crippen LogP) is 1.73. The standard InChI is InChI=1S/C14H19NO4/c1-3-18-13-9-12(14(16)17-2)15(19-13)10-11-7-5-4-6-8-11/h4-8,12-13H,3,9-10H2,1-2H3/t12-,13-/m1/s1. The van der Waals surface area contributed by atoms with E-state index in [9.17, 15) is 4.79 Å². The molecule has 2 rings (SSSR count). The zero-order valence-corrected chi connectivity index (χ0v) is 11.2. The Hall–Kier alpha value is -1.43. The Morgan fingerprint density at radius 3 is 2.79 bits per heavy atom. The number of nitrogens with zero attached hydrogens (tertiary/aromatic N) is 1. The van der Waals surface area contributed by atoms with Gasteiger partial charge in [-0.05, 0) is 12.5 Å². The minimum absolute atomic E-state index is 0.293. The van der Waals surface area contributed by atoms with Crippen molar-refractivity contribution in [3.63, 3.8) is 0 Å². The third kappa shape index (κ3) is 3.53. The second-order valence-electron chi connectivity index (χ2n) is 4.33. The van der Waals surface area contributed by atoms with E-state index in [1.165, 1.54) is 7.11 Å². The van der Waals surface area contributed by atoms with Gasteiger partial charge in [0, 0.05) is 13.0 Å². The van der Waals surface area contributed by atoms with Crippen molar-refractivity contribution in [2.75, 3.05) is 13.7 Å². The minimum Gasteiger partial charge on any atom is -0.468 e. The van der Waals surface area contributed by atoms with E-state index in [2.05, 4.69) is 0 Å². The lowest BCUT2D eigenvalue weighted by Gasteiger charge is -2.20. The Morgan fingerprint density at radius 2 is 2.16 bits per heavy atom. The van der Waals surface area contributed by atoms with Crippen LogP contribution < -0.4 is 0 Å². The molecule has 1 aliphatic rings. The molecule has 0 aliphatic carbocycles. The van der Waals surface area contributed by atoms with E-state index in [0.717, 1.165) is 5.56 Å². The maximum absolute atomic E-state index is 11.8. The topological polar surface area (TPSA) is 48.0 Å². The van der Waals surface area contributed by atoms with Gasteiger partial charge in [-0.15, -0.1) is 0 Å².